The first-order valence-electron chi connectivity index (χ1n) is 7.63. The van der Waals surface area contributed by atoms with Gasteiger partial charge in [-0.1, -0.05) is 42.5 Å². The van der Waals surface area contributed by atoms with Crippen molar-refractivity contribution in [1.29, 1.82) is 0 Å². The van der Waals surface area contributed by atoms with Gasteiger partial charge < -0.3 is 9.66 Å². The number of hydrogen-bond donors (Lipinski definition) is 1. The molecule has 0 aliphatic carbocycles. The zero-order chi connectivity index (χ0) is 18.3. The Hall–Kier alpha value is -1.65. The summed E-state index contributed by atoms with van der Waals surface area (Å²) in [6.07, 6.45) is 3.57. The maximum Gasteiger partial charge on any atom is 1.00 e. The molecular formula is C16H18N3NaO5S. The molecule has 8 nitrogen and oxygen atoms in total. The van der Waals surface area contributed by atoms with Crippen LogP contribution in [0.5, 0.6) is 5.75 Å². The Labute approximate surface area is 174 Å². The fourth-order valence-electron chi connectivity index (χ4n) is 2.03. The number of rotatable bonds is 5. The molecule has 1 aromatic heterocycles. The van der Waals surface area contributed by atoms with Gasteiger partial charge in [-0.05, 0) is 47.9 Å². The average Bonchev–Trinajstić information content (AvgIpc) is 2.96. The first-order valence-corrected chi connectivity index (χ1v) is 8.96. The number of phenolic OH excluding ortho intramolecular Hbond substituents is 1. The zero-order valence-electron chi connectivity index (χ0n) is 14.6. The number of phenols is 1. The molecule has 3 rings (SSSR count). The normalized spacial score (nSPS) is 10.5. The van der Waals surface area contributed by atoms with E-state index in [9.17, 15) is 13.0 Å². The maximum atomic E-state index is 10.3. The predicted molar refractivity (Wildman–Crippen MR) is 90.5 cm³/mol. The van der Waals surface area contributed by atoms with Crippen molar-refractivity contribution in [3.63, 3.8) is 0 Å². The summed E-state index contributed by atoms with van der Waals surface area (Å²) >= 11 is 0. The molecular weight excluding hydrogens is 369 g/mol. The molecule has 3 aromatic rings. The fourth-order valence-corrected chi connectivity index (χ4v) is 2.32. The molecule has 1 N–H and O–H groups in total. The minimum atomic E-state index is -4.83. The van der Waals surface area contributed by atoms with E-state index in [-0.39, 0.29) is 29.6 Å². The van der Waals surface area contributed by atoms with Crippen LogP contribution in [-0.2, 0) is 16.8 Å². The number of para-hydroxylation sites is 1. The van der Waals surface area contributed by atoms with Crippen molar-refractivity contribution in [2.45, 2.75) is 26.2 Å². The van der Waals surface area contributed by atoms with Crippen molar-refractivity contribution in [1.82, 2.24) is 15.2 Å². The third-order valence-corrected chi connectivity index (χ3v) is 3.56. The van der Waals surface area contributed by atoms with Crippen LogP contribution in [0.3, 0.4) is 0 Å². The van der Waals surface area contributed by atoms with Crippen molar-refractivity contribution in [2.24, 2.45) is 0 Å². The van der Waals surface area contributed by atoms with Gasteiger partial charge in [0.1, 0.15) is 16.8 Å². The van der Waals surface area contributed by atoms with E-state index in [2.05, 4.69) is 21.5 Å². The smallest absolute Gasteiger partial charge is 0.714 e. The number of benzene rings is 2. The molecule has 0 unspecified atom stereocenters. The minimum absolute atomic E-state index is 0. The first-order chi connectivity index (χ1) is 11.9. The second-order valence-electron chi connectivity index (χ2n) is 5.20. The van der Waals surface area contributed by atoms with E-state index in [0.717, 1.165) is 6.42 Å². The largest absolute Gasteiger partial charge is 1.00 e. The van der Waals surface area contributed by atoms with Gasteiger partial charge in [-0.2, -0.15) is 8.42 Å². The van der Waals surface area contributed by atoms with Gasteiger partial charge in [0.25, 0.3) is 10.4 Å². The number of nitrogens with zero attached hydrogens (tertiary/aromatic N) is 3. The topological polar surface area (TPSA) is 117 Å². The van der Waals surface area contributed by atoms with Gasteiger partial charge >= 0.3 is 29.6 Å². The summed E-state index contributed by atoms with van der Waals surface area (Å²) in [4.78, 5) is 0.567. The second-order valence-corrected chi connectivity index (χ2v) is 6.17. The molecule has 0 aliphatic rings. The maximum absolute atomic E-state index is 10.3. The van der Waals surface area contributed by atoms with Gasteiger partial charge in [0, 0.05) is 0 Å². The van der Waals surface area contributed by atoms with Crippen molar-refractivity contribution < 1.29 is 51.9 Å². The Morgan fingerprint density at radius 3 is 2.42 bits per heavy atom. The summed E-state index contributed by atoms with van der Waals surface area (Å²) < 4.78 is 34.8. The average molecular weight is 387 g/mol. The molecule has 0 saturated heterocycles. The predicted octanol–water partition coefficient (Wildman–Crippen LogP) is -0.941. The molecule has 0 amide bonds. The van der Waals surface area contributed by atoms with Crippen LogP contribution >= 0.6 is 0 Å². The van der Waals surface area contributed by atoms with E-state index in [1.807, 2.05) is 12.1 Å². The molecule has 1 heterocycles. The molecule has 10 heteroatoms. The SMILES string of the molecule is CCCCc1ccc(O)cc1.O=S(=O)([O-])On1nnc2ccccc21.[Na+]. The molecule has 0 atom stereocenters. The molecule has 0 aliphatic heterocycles. The van der Waals surface area contributed by atoms with Crippen LogP contribution in [0.2, 0.25) is 0 Å². The molecule has 0 spiro atoms. The van der Waals surface area contributed by atoms with E-state index in [4.69, 9.17) is 5.11 Å². The molecule has 0 radical (unpaired) electrons. The Morgan fingerprint density at radius 1 is 1.15 bits per heavy atom. The summed E-state index contributed by atoms with van der Waals surface area (Å²) in [5.41, 5.74) is 2.06. The van der Waals surface area contributed by atoms with Gasteiger partial charge in [-0.25, -0.2) is 0 Å². The number of hydrogen-bond acceptors (Lipinski definition) is 7. The fraction of sp³-hybridized carbons (Fsp3) is 0.250. The number of unbranched alkanes of at least 4 members (excludes halogenated alkanes) is 1. The zero-order valence-corrected chi connectivity index (χ0v) is 17.4. The second kappa shape index (κ2) is 10.5. The van der Waals surface area contributed by atoms with Crippen LogP contribution in [0.1, 0.15) is 25.3 Å². The third kappa shape index (κ3) is 7.30. The quantitative estimate of drug-likeness (QED) is 0.341. The van der Waals surface area contributed by atoms with Crippen molar-refractivity contribution in [3.05, 3.63) is 54.1 Å². The summed E-state index contributed by atoms with van der Waals surface area (Å²) in [6, 6.07) is 13.9. The van der Waals surface area contributed by atoms with Gasteiger partial charge in [-0.15, -0.1) is 5.10 Å². The number of aromatic nitrogens is 3. The van der Waals surface area contributed by atoms with Crippen LogP contribution in [0.15, 0.2) is 48.5 Å². The van der Waals surface area contributed by atoms with Gasteiger partial charge in [0.2, 0.25) is 0 Å². The van der Waals surface area contributed by atoms with Gasteiger partial charge in [0.05, 0.1) is 0 Å². The van der Waals surface area contributed by atoms with Crippen molar-refractivity contribution in [2.75, 3.05) is 0 Å². The van der Waals surface area contributed by atoms with Crippen LogP contribution < -0.4 is 33.8 Å². The van der Waals surface area contributed by atoms with E-state index in [0.29, 0.717) is 21.6 Å². The van der Waals surface area contributed by atoms with Crippen LogP contribution in [0, 0.1) is 0 Å². The van der Waals surface area contributed by atoms with E-state index < -0.39 is 10.4 Å². The third-order valence-electron chi connectivity index (χ3n) is 3.24. The Morgan fingerprint density at radius 2 is 1.81 bits per heavy atom. The first kappa shape index (κ1) is 22.4. The molecule has 0 saturated carbocycles. The van der Waals surface area contributed by atoms with Crippen molar-refractivity contribution >= 4 is 21.4 Å². The summed E-state index contributed by atoms with van der Waals surface area (Å²) in [7, 11) is -4.83. The van der Waals surface area contributed by atoms with E-state index in [1.54, 1.807) is 30.3 Å². The standard InChI is InChI=1S/C10H14O.C6H5N3O4S.Na/c1-2-3-4-9-5-7-10(11)8-6-9;10-14(11,12)13-9-6-4-2-1-3-5(6)7-8-9;/h5-8,11H,2-4H2,1H3;1-4H,(H,10,11,12);/q;;+1/p-1. The van der Waals surface area contributed by atoms with Crippen LogP contribution in [0.4, 0.5) is 0 Å². The molecule has 26 heavy (non-hydrogen) atoms. The number of fused-ring (bicyclic) bond motifs is 1. The summed E-state index contributed by atoms with van der Waals surface area (Å²) in [5, 5.41) is 15.9. The molecule has 134 valence electrons. The van der Waals surface area contributed by atoms with E-state index >= 15 is 0 Å². The molecule has 2 aromatic carbocycles. The number of aromatic hydroxyl groups is 1. The Bertz CT molecular complexity index is 913. The van der Waals surface area contributed by atoms with E-state index in [1.165, 1.54) is 24.5 Å². The van der Waals surface area contributed by atoms with Gasteiger partial charge in [-0.3, -0.25) is 4.28 Å². The molecule has 0 bridgehead atoms. The Balaban J connectivity index is 0.000000258. The summed E-state index contributed by atoms with van der Waals surface area (Å²) in [6.45, 7) is 2.18. The van der Waals surface area contributed by atoms with Crippen LogP contribution in [-0.4, -0.2) is 33.2 Å². The number of aryl methyl sites for hydroxylation is 1. The van der Waals surface area contributed by atoms with Crippen molar-refractivity contribution in [3.8, 4) is 5.75 Å². The Kier molecular flexibility index (Phi) is 9.03. The summed E-state index contributed by atoms with van der Waals surface area (Å²) in [5.74, 6) is 0.352. The molecule has 0 fully saturated rings. The van der Waals surface area contributed by atoms with Gasteiger partial charge in [0.15, 0.2) is 0 Å². The minimum Gasteiger partial charge on any atom is -0.714 e. The van der Waals surface area contributed by atoms with Crippen LogP contribution in [0.25, 0.3) is 11.0 Å². The monoisotopic (exact) mass is 387 g/mol.